The highest BCUT2D eigenvalue weighted by atomic mass is 16.5. The summed E-state index contributed by atoms with van der Waals surface area (Å²) in [5.41, 5.74) is 1.05. The van der Waals surface area contributed by atoms with Crippen LogP contribution in [-0.4, -0.2) is 33.3 Å². The maximum absolute atomic E-state index is 10.6. The van der Waals surface area contributed by atoms with Gasteiger partial charge in [0.15, 0.2) is 0 Å². The highest BCUT2D eigenvalue weighted by Crippen LogP contribution is 2.22. The molecule has 5 heteroatoms. The lowest BCUT2D eigenvalue weighted by molar-refractivity contribution is -0.140. The lowest BCUT2D eigenvalue weighted by Gasteiger charge is -2.09. The molecule has 1 aromatic carbocycles. The van der Waals surface area contributed by atoms with Crippen LogP contribution in [0.5, 0.6) is 11.5 Å². The zero-order valence-corrected chi connectivity index (χ0v) is 11.0. The van der Waals surface area contributed by atoms with E-state index in [2.05, 4.69) is 5.32 Å². The summed E-state index contributed by atoms with van der Waals surface area (Å²) in [7, 11) is 3.24. The molecular weight excluding hydrogens is 234 g/mol. The van der Waals surface area contributed by atoms with Crippen molar-refractivity contribution in [1.29, 1.82) is 0 Å². The SMILES string of the molecule is COc1cc(CNCCOC(C)=O)cc(OC)c1. The Morgan fingerprint density at radius 1 is 1.17 bits per heavy atom. The Kier molecular flexibility index (Phi) is 6.00. The van der Waals surface area contributed by atoms with Crippen molar-refractivity contribution in [1.82, 2.24) is 5.32 Å². The van der Waals surface area contributed by atoms with E-state index >= 15 is 0 Å². The molecule has 0 amide bonds. The molecule has 0 aromatic heterocycles. The Hall–Kier alpha value is -1.75. The Labute approximate surface area is 107 Å². The van der Waals surface area contributed by atoms with Crippen LogP contribution in [0.15, 0.2) is 18.2 Å². The first-order valence-corrected chi connectivity index (χ1v) is 5.71. The van der Waals surface area contributed by atoms with Gasteiger partial charge in [-0.25, -0.2) is 0 Å². The molecule has 0 atom stereocenters. The Morgan fingerprint density at radius 3 is 2.28 bits per heavy atom. The number of hydrogen-bond donors (Lipinski definition) is 1. The maximum atomic E-state index is 10.6. The third-order valence-electron chi connectivity index (χ3n) is 2.32. The van der Waals surface area contributed by atoms with Gasteiger partial charge in [0, 0.05) is 26.1 Å². The molecule has 0 aliphatic carbocycles. The van der Waals surface area contributed by atoms with E-state index in [0.29, 0.717) is 19.7 Å². The van der Waals surface area contributed by atoms with Crippen molar-refractivity contribution in [3.63, 3.8) is 0 Å². The molecule has 0 saturated carbocycles. The van der Waals surface area contributed by atoms with Gasteiger partial charge in [0.25, 0.3) is 0 Å². The van der Waals surface area contributed by atoms with Crippen LogP contribution in [0.25, 0.3) is 0 Å². The summed E-state index contributed by atoms with van der Waals surface area (Å²) < 4.78 is 15.2. The van der Waals surface area contributed by atoms with E-state index in [1.165, 1.54) is 6.92 Å². The summed E-state index contributed by atoms with van der Waals surface area (Å²) in [6, 6.07) is 5.69. The van der Waals surface area contributed by atoms with Gasteiger partial charge < -0.3 is 19.5 Å². The number of hydrogen-bond acceptors (Lipinski definition) is 5. The molecule has 18 heavy (non-hydrogen) atoms. The second kappa shape index (κ2) is 7.55. The molecule has 0 heterocycles. The van der Waals surface area contributed by atoms with Gasteiger partial charge in [-0.2, -0.15) is 0 Å². The van der Waals surface area contributed by atoms with Crippen LogP contribution in [-0.2, 0) is 16.1 Å². The molecule has 0 radical (unpaired) electrons. The molecule has 0 saturated heterocycles. The van der Waals surface area contributed by atoms with E-state index in [1.54, 1.807) is 14.2 Å². The van der Waals surface area contributed by atoms with Crippen molar-refractivity contribution < 1.29 is 19.0 Å². The standard InChI is InChI=1S/C13H19NO4/c1-10(15)18-5-4-14-9-11-6-12(16-2)8-13(7-11)17-3/h6-8,14H,4-5,9H2,1-3H3. The minimum absolute atomic E-state index is 0.264. The normalized spacial score (nSPS) is 9.94. The van der Waals surface area contributed by atoms with Crippen molar-refractivity contribution in [3.05, 3.63) is 23.8 Å². The molecule has 0 aliphatic rings. The number of nitrogens with one attached hydrogen (secondary N) is 1. The number of rotatable bonds is 7. The lowest BCUT2D eigenvalue weighted by Crippen LogP contribution is -2.20. The molecule has 1 aromatic rings. The number of benzene rings is 1. The molecule has 0 unspecified atom stereocenters. The van der Waals surface area contributed by atoms with E-state index in [1.807, 2.05) is 18.2 Å². The topological polar surface area (TPSA) is 56.8 Å². The van der Waals surface area contributed by atoms with E-state index in [-0.39, 0.29) is 5.97 Å². The summed E-state index contributed by atoms with van der Waals surface area (Å²) in [5, 5.41) is 3.17. The Bertz CT molecular complexity index is 370. The summed E-state index contributed by atoms with van der Waals surface area (Å²) >= 11 is 0. The predicted octanol–water partition coefficient (Wildman–Crippen LogP) is 1.36. The van der Waals surface area contributed by atoms with E-state index < -0.39 is 0 Å². The van der Waals surface area contributed by atoms with Gasteiger partial charge in [0.2, 0.25) is 0 Å². The minimum atomic E-state index is -0.264. The first-order chi connectivity index (χ1) is 8.65. The molecule has 0 bridgehead atoms. The third-order valence-corrected chi connectivity index (χ3v) is 2.32. The molecule has 5 nitrogen and oxygen atoms in total. The number of carbonyl (C=O) groups excluding carboxylic acids is 1. The zero-order chi connectivity index (χ0) is 13.4. The average molecular weight is 253 g/mol. The number of esters is 1. The smallest absolute Gasteiger partial charge is 0.302 e. The van der Waals surface area contributed by atoms with Crippen LogP contribution in [0.4, 0.5) is 0 Å². The Balaban J connectivity index is 2.43. The molecular formula is C13H19NO4. The van der Waals surface area contributed by atoms with Gasteiger partial charge in [-0.3, -0.25) is 4.79 Å². The monoisotopic (exact) mass is 253 g/mol. The molecule has 1 rings (SSSR count). The maximum Gasteiger partial charge on any atom is 0.302 e. The lowest BCUT2D eigenvalue weighted by atomic mass is 10.2. The highest BCUT2D eigenvalue weighted by molar-refractivity contribution is 5.65. The molecule has 0 aliphatic heterocycles. The van der Waals surface area contributed by atoms with Crippen LogP contribution in [0, 0.1) is 0 Å². The molecule has 0 fully saturated rings. The van der Waals surface area contributed by atoms with Crippen molar-refractivity contribution in [3.8, 4) is 11.5 Å². The van der Waals surface area contributed by atoms with E-state index in [4.69, 9.17) is 14.2 Å². The summed E-state index contributed by atoms with van der Waals surface area (Å²) in [6.07, 6.45) is 0. The van der Waals surface area contributed by atoms with Crippen LogP contribution in [0.2, 0.25) is 0 Å². The largest absolute Gasteiger partial charge is 0.497 e. The first kappa shape index (κ1) is 14.3. The van der Waals surface area contributed by atoms with Gasteiger partial charge in [0.1, 0.15) is 18.1 Å². The van der Waals surface area contributed by atoms with Gasteiger partial charge in [0.05, 0.1) is 14.2 Å². The van der Waals surface area contributed by atoms with Crippen molar-refractivity contribution in [2.24, 2.45) is 0 Å². The van der Waals surface area contributed by atoms with Crippen LogP contribution in [0.1, 0.15) is 12.5 Å². The second-order valence-corrected chi connectivity index (χ2v) is 3.74. The van der Waals surface area contributed by atoms with Gasteiger partial charge in [-0.1, -0.05) is 0 Å². The van der Waals surface area contributed by atoms with E-state index in [0.717, 1.165) is 17.1 Å². The minimum Gasteiger partial charge on any atom is -0.497 e. The summed E-state index contributed by atoms with van der Waals surface area (Å²) in [4.78, 5) is 10.6. The fourth-order valence-electron chi connectivity index (χ4n) is 1.47. The van der Waals surface area contributed by atoms with Crippen LogP contribution >= 0.6 is 0 Å². The van der Waals surface area contributed by atoms with Crippen molar-refractivity contribution >= 4 is 5.97 Å². The molecule has 0 spiro atoms. The number of ether oxygens (including phenoxy) is 3. The van der Waals surface area contributed by atoms with Crippen LogP contribution < -0.4 is 14.8 Å². The van der Waals surface area contributed by atoms with Gasteiger partial charge >= 0.3 is 5.97 Å². The second-order valence-electron chi connectivity index (χ2n) is 3.74. The predicted molar refractivity (Wildman–Crippen MR) is 67.9 cm³/mol. The fourth-order valence-corrected chi connectivity index (χ4v) is 1.47. The third kappa shape index (κ3) is 5.05. The highest BCUT2D eigenvalue weighted by Gasteiger charge is 2.01. The number of methoxy groups -OCH3 is 2. The van der Waals surface area contributed by atoms with Crippen molar-refractivity contribution in [2.75, 3.05) is 27.4 Å². The van der Waals surface area contributed by atoms with Gasteiger partial charge in [-0.05, 0) is 17.7 Å². The summed E-state index contributed by atoms with van der Waals surface area (Å²) in [5.74, 6) is 1.25. The van der Waals surface area contributed by atoms with E-state index in [9.17, 15) is 4.79 Å². The fraction of sp³-hybridized carbons (Fsp3) is 0.462. The zero-order valence-electron chi connectivity index (χ0n) is 11.0. The van der Waals surface area contributed by atoms with Gasteiger partial charge in [-0.15, -0.1) is 0 Å². The first-order valence-electron chi connectivity index (χ1n) is 5.71. The molecule has 1 N–H and O–H groups in total. The molecule has 100 valence electrons. The Morgan fingerprint density at radius 2 is 1.78 bits per heavy atom. The average Bonchev–Trinajstić information content (AvgIpc) is 2.37. The quantitative estimate of drug-likeness (QED) is 0.587. The number of carbonyl (C=O) groups is 1. The van der Waals surface area contributed by atoms with Crippen molar-refractivity contribution in [2.45, 2.75) is 13.5 Å². The van der Waals surface area contributed by atoms with Crippen LogP contribution in [0.3, 0.4) is 0 Å². The summed E-state index contributed by atoms with van der Waals surface area (Å²) in [6.45, 7) is 3.04.